The van der Waals surface area contributed by atoms with E-state index >= 15 is 0 Å². The number of nitrogens with zero attached hydrogens (tertiary/aromatic N) is 1. The van der Waals surface area contributed by atoms with Crippen LogP contribution in [0.4, 0.5) is 10.5 Å². The fourth-order valence-electron chi connectivity index (χ4n) is 3.74. The molecule has 0 aliphatic carbocycles. The van der Waals surface area contributed by atoms with Gasteiger partial charge in [-0.1, -0.05) is 12.1 Å². The zero-order valence-electron chi connectivity index (χ0n) is 18.2. The number of ether oxygens (including phenoxy) is 2. The normalized spacial score (nSPS) is 15.9. The quantitative estimate of drug-likeness (QED) is 0.629. The number of carbonyl (C=O) groups excluding carboxylic acids is 2. The third-order valence-corrected chi connectivity index (χ3v) is 5.34. The number of rotatable bonds is 8. The van der Waals surface area contributed by atoms with Gasteiger partial charge < -0.3 is 25.0 Å². The fourth-order valence-corrected chi connectivity index (χ4v) is 3.74. The molecule has 1 unspecified atom stereocenters. The van der Waals surface area contributed by atoms with Gasteiger partial charge in [0.1, 0.15) is 5.75 Å². The lowest BCUT2D eigenvalue weighted by Crippen LogP contribution is -2.41. The zero-order chi connectivity index (χ0) is 22.1. The van der Waals surface area contributed by atoms with Gasteiger partial charge in [-0.2, -0.15) is 0 Å². The summed E-state index contributed by atoms with van der Waals surface area (Å²) in [6.45, 7) is 4.84. The van der Waals surface area contributed by atoms with Gasteiger partial charge in [0.25, 0.3) is 5.91 Å². The highest BCUT2D eigenvalue weighted by atomic mass is 16.5. The minimum atomic E-state index is -0.111. The second-order valence-electron chi connectivity index (χ2n) is 7.55. The van der Waals surface area contributed by atoms with Crippen LogP contribution in [-0.2, 0) is 4.74 Å². The first-order valence-corrected chi connectivity index (χ1v) is 10.8. The van der Waals surface area contributed by atoms with E-state index in [1.54, 1.807) is 7.11 Å². The van der Waals surface area contributed by atoms with E-state index < -0.39 is 0 Å². The van der Waals surface area contributed by atoms with Gasteiger partial charge in [0.05, 0.1) is 13.2 Å². The van der Waals surface area contributed by atoms with Gasteiger partial charge in [0.2, 0.25) is 0 Å². The monoisotopic (exact) mass is 425 g/mol. The molecule has 3 amide bonds. The predicted molar refractivity (Wildman–Crippen MR) is 121 cm³/mol. The minimum Gasteiger partial charge on any atom is -0.494 e. The first-order chi connectivity index (χ1) is 15.1. The molecule has 7 heteroatoms. The Morgan fingerprint density at radius 1 is 1.16 bits per heavy atom. The largest absolute Gasteiger partial charge is 0.494 e. The second-order valence-corrected chi connectivity index (χ2v) is 7.55. The van der Waals surface area contributed by atoms with E-state index in [2.05, 4.69) is 10.6 Å². The highest BCUT2D eigenvalue weighted by molar-refractivity contribution is 5.94. The lowest BCUT2D eigenvalue weighted by atomic mass is 9.89. The predicted octanol–water partition coefficient (Wildman–Crippen LogP) is 3.87. The van der Waals surface area contributed by atoms with Crippen molar-refractivity contribution in [2.75, 3.05) is 45.3 Å². The number of likely N-dealkylation sites (tertiary alicyclic amines) is 1. The molecular formula is C24H31N3O4. The van der Waals surface area contributed by atoms with Crippen molar-refractivity contribution >= 4 is 17.6 Å². The van der Waals surface area contributed by atoms with Crippen molar-refractivity contribution in [3.63, 3.8) is 0 Å². The molecule has 166 valence electrons. The van der Waals surface area contributed by atoms with Gasteiger partial charge in [0.15, 0.2) is 0 Å². The van der Waals surface area contributed by atoms with Crippen LogP contribution in [0.15, 0.2) is 48.5 Å². The van der Waals surface area contributed by atoms with Gasteiger partial charge in [-0.25, -0.2) is 4.79 Å². The number of anilines is 1. The summed E-state index contributed by atoms with van der Waals surface area (Å²) >= 11 is 0. The van der Waals surface area contributed by atoms with Crippen LogP contribution in [0.1, 0.15) is 41.6 Å². The van der Waals surface area contributed by atoms with Crippen molar-refractivity contribution in [2.24, 2.45) is 0 Å². The number of carbonyl (C=O) groups is 2. The Hall–Kier alpha value is -3.06. The maximum Gasteiger partial charge on any atom is 0.321 e. The Bertz CT molecular complexity index is 869. The first-order valence-electron chi connectivity index (χ1n) is 10.8. The number of benzene rings is 2. The third kappa shape index (κ3) is 6.46. The van der Waals surface area contributed by atoms with Crippen molar-refractivity contribution in [1.82, 2.24) is 10.2 Å². The van der Waals surface area contributed by atoms with Gasteiger partial charge in [-0.15, -0.1) is 0 Å². The lowest BCUT2D eigenvalue weighted by molar-refractivity contribution is 0.0937. The molecule has 2 aromatic carbocycles. The van der Waals surface area contributed by atoms with Crippen molar-refractivity contribution in [1.29, 1.82) is 0 Å². The summed E-state index contributed by atoms with van der Waals surface area (Å²) in [5, 5.41) is 5.82. The Labute approximate surface area is 183 Å². The summed E-state index contributed by atoms with van der Waals surface area (Å²) in [5.74, 6) is 0.871. The van der Waals surface area contributed by atoms with E-state index in [9.17, 15) is 9.59 Å². The van der Waals surface area contributed by atoms with Crippen molar-refractivity contribution < 1.29 is 19.1 Å². The smallest absolute Gasteiger partial charge is 0.321 e. The number of hydrogen-bond donors (Lipinski definition) is 2. The SMILES string of the molecule is CCOc1ccc(NC(=O)N2CCCC(c3cccc(C(=O)NCCOC)c3)C2)cc1. The molecule has 0 spiro atoms. The summed E-state index contributed by atoms with van der Waals surface area (Å²) in [6, 6.07) is 15.0. The Morgan fingerprint density at radius 2 is 1.97 bits per heavy atom. The van der Waals surface area contributed by atoms with Crippen LogP contribution < -0.4 is 15.4 Å². The lowest BCUT2D eigenvalue weighted by Gasteiger charge is -2.33. The summed E-state index contributed by atoms with van der Waals surface area (Å²) in [5.41, 5.74) is 2.45. The summed E-state index contributed by atoms with van der Waals surface area (Å²) in [4.78, 5) is 27.0. The maximum atomic E-state index is 12.8. The maximum absolute atomic E-state index is 12.8. The van der Waals surface area contributed by atoms with E-state index in [-0.39, 0.29) is 17.9 Å². The number of urea groups is 1. The molecule has 0 radical (unpaired) electrons. The molecule has 1 saturated heterocycles. The highest BCUT2D eigenvalue weighted by Gasteiger charge is 2.25. The number of nitrogens with one attached hydrogen (secondary N) is 2. The van der Waals surface area contributed by atoms with Crippen LogP contribution in [0, 0.1) is 0 Å². The first kappa shape index (κ1) is 22.6. The fraction of sp³-hybridized carbons (Fsp3) is 0.417. The molecule has 2 aromatic rings. The van der Waals surface area contributed by atoms with Gasteiger partial charge >= 0.3 is 6.03 Å². The van der Waals surface area contributed by atoms with Gasteiger partial charge in [-0.3, -0.25) is 4.79 Å². The molecule has 1 heterocycles. The van der Waals surface area contributed by atoms with E-state index in [0.717, 1.165) is 36.4 Å². The number of amides is 3. The Balaban J connectivity index is 1.60. The number of piperidine rings is 1. The van der Waals surface area contributed by atoms with E-state index in [1.165, 1.54) is 0 Å². The average Bonchev–Trinajstić information content (AvgIpc) is 2.81. The molecule has 2 N–H and O–H groups in total. The Kier molecular flexibility index (Phi) is 8.29. The molecule has 0 saturated carbocycles. The van der Waals surface area contributed by atoms with Crippen molar-refractivity contribution in [3.8, 4) is 5.75 Å². The number of hydrogen-bond acceptors (Lipinski definition) is 4. The standard InChI is InChI=1S/C24H31N3O4/c1-3-31-22-11-9-21(10-12-22)26-24(29)27-14-5-8-20(17-27)18-6-4-7-19(16-18)23(28)25-13-15-30-2/h4,6-7,9-12,16,20H,3,5,8,13-15,17H2,1-2H3,(H,25,28)(H,26,29). The van der Waals surface area contributed by atoms with E-state index in [1.807, 2.05) is 60.4 Å². The van der Waals surface area contributed by atoms with Crippen molar-refractivity contribution in [3.05, 3.63) is 59.7 Å². The van der Waals surface area contributed by atoms with Crippen LogP contribution in [0.2, 0.25) is 0 Å². The van der Waals surface area contributed by atoms with Crippen LogP contribution in [0.3, 0.4) is 0 Å². The van der Waals surface area contributed by atoms with Crippen LogP contribution >= 0.6 is 0 Å². The molecule has 1 atom stereocenters. The highest BCUT2D eigenvalue weighted by Crippen LogP contribution is 2.28. The van der Waals surface area contributed by atoms with Crippen LogP contribution in [-0.4, -0.2) is 56.8 Å². The number of methoxy groups -OCH3 is 1. The Morgan fingerprint density at radius 3 is 2.71 bits per heavy atom. The van der Waals surface area contributed by atoms with E-state index in [0.29, 0.717) is 31.9 Å². The topological polar surface area (TPSA) is 79.9 Å². The average molecular weight is 426 g/mol. The van der Waals surface area contributed by atoms with Gasteiger partial charge in [-0.05, 0) is 61.7 Å². The van der Waals surface area contributed by atoms with Crippen molar-refractivity contribution in [2.45, 2.75) is 25.7 Å². The summed E-state index contributed by atoms with van der Waals surface area (Å²) in [6.07, 6.45) is 1.91. The zero-order valence-corrected chi connectivity index (χ0v) is 18.2. The molecule has 0 bridgehead atoms. The summed E-state index contributed by atoms with van der Waals surface area (Å²) < 4.78 is 10.4. The summed E-state index contributed by atoms with van der Waals surface area (Å²) in [7, 11) is 1.60. The van der Waals surface area contributed by atoms with E-state index in [4.69, 9.17) is 9.47 Å². The van der Waals surface area contributed by atoms with Crippen LogP contribution in [0.5, 0.6) is 5.75 Å². The molecule has 31 heavy (non-hydrogen) atoms. The molecule has 1 fully saturated rings. The third-order valence-electron chi connectivity index (χ3n) is 5.34. The molecule has 7 nitrogen and oxygen atoms in total. The van der Waals surface area contributed by atoms with Gasteiger partial charge in [0, 0.05) is 43.9 Å². The second kappa shape index (κ2) is 11.4. The molecule has 1 aliphatic heterocycles. The minimum absolute atomic E-state index is 0.109. The molecule has 1 aliphatic rings. The molecule has 0 aromatic heterocycles. The van der Waals surface area contributed by atoms with Crippen LogP contribution in [0.25, 0.3) is 0 Å². The molecular weight excluding hydrogens is 394 g/mol. The molecule has 3 rings (SSSR count).